The number of hydrogen-bond donors (Lipinski definition) is 2. The summed E-state index contributed by atoms with van der Waals surface area (Å²) in [5, 5.41) is 5.13. The van der Waals surface area contributed by atoms with Crippen LogP contribution in [0.4, 0.5) is 4.79 Å². The van der Waals surface area contributed by atoms with E-state index in [1.165, 1.54) is 5.69 Å². The quantitative estimate of drug-likeness (QED) is 0.868. The number of carbonyl (C=O) groups excluding carboxylic acids is 2. The average Bonchev–Trinajstić information content (AvgIpc) is 3.25. The van der Waals surface area contributed by atoms with E-state index in [9.17, 15) is 9.59 Å². The molecule has 6 nitrogen and oxygen atoms in total. The van der Waals surface area contributed by atoms with E-state index in [4.69, 9.17) is 0 Å². The summed E-state index contributed by atoms with van der Waals surface area (Å²) in [6.07, 6.45) is 4.04. The minimum Gasteiger partial charge on any atom is -0.353 e. The summed E-state index contributed by atoms with van der Waals surface area (Å²) in [5.41, 5.74) is 2.09. The van der Waals surface area contributed by atoms with Crippen LogP contribution in [-0.4, -0.2) is 34.5 Å². The highest BCUT2D eigenvalue weighted by Crippen LogP contribution is 2.38. The van der Waals surface area contributed by atoms with E-state index in [-0.39, 0.29) is 11.9 Å². The maximum Gasteiger partial charge on any atom is 0.321 e. The molecule has 2 aromatic rings. The van der Waals surface area contributed by atoms with E-state index in [0.29, 0.717) is 6.54 Å². The van der Waals surface area contributed by atoms with Gasteiger partial charge in [0, 0.05) is 25.5 Å². The van der Waals surface area contributed by atoms with Gasteiger partial charge < -0.3 is 9.88 Å². The summed E-state index contributed by atoms with van der Waals surface area (Å²) >= 11 is 0. The first-order chi connectivity index (χ1) is 12.6. The van der Waals surface area contributed by atoms with Gasteiger partial charge in [0.15, 0.2) is 0 Å². The zero-order valence-electron chi connectivity index (χ0n) is 15.3. The first-order valence-electron chi connectivity index (χ1n) is 9.12. The van der Waals surface area contributed by atoms with Crippen LogP contribution in [0.15, 0.2) is 48.7 Å². The lowest BCUT2D eigenvalue weighted by atomic mass is 10.0. The fourth-order valence-corrected chi connectivity index (χ4v) is 3.75. The summed E-state index contributed by atoms with van der Waals surface area (Å²) in [4.78, 5) is 27.1. The standard InChI is InChI=1S/C20H26N4O2/c1-3-21-20(26)22-19(25)18(15-9-5-4-6-10-15)24-14-8-12-17(24)16-11-7-13-23(16)2/h4-7,9-11,13,17-18H,3,8,12,14H2,1-2H3,(H2,21,22,25,26)/t17-,18+/m1/s1. The number of benzene rings is 1. The molecule has 6 heteroatoms. The molecule has 138 valence electrons. The number of rotatable bonds is 5. The molecule has 0 unspecified atom stereocenters. The van der Waals surface area contributed by atoms with Gasteiger partial charge in [-0.05, 0) is 44.0 Å². The Morgan fingerprint density at radius 3 is 2.62 bits per heavy atom. The van der Waals surface area contributed by atoms with Gasteiger partial charge in [0.25, 0.3) is 0 Å². The molecule has 1 aliphatic rings. The Morgan fingerprint density at radius 1 is 1.19 bits per heavy atom. The minimum absolute atomic E-state index is 0.153. The van der Waals surface area contributed by atoms with Crippen molar-refractivity contribution in [2.75, 3.05) is 13.1 Å². The Hall–Kier alpha value is -2.60. The van der Waals surface area contributed by atoms with Crippen molar-refractivity contribution in [2.45, 2.75) is 31.8 Å². The van der Waals surface area contributed by atoms with Gasteiger partial charge in [-0.2, -0.15) is 0 Å². The van der Waals surface area contributed by atoms with E-state index in [0.717, 1.165) is 24.9 Å². The predicted octanol–water partition coefficient (Wildman–Crippen LogP) is 2.75. The zero-order chi connectivity index (χ0) is 18.5. The van der Waals surface area contributed by atoms with Gasteiger partial charge in [-0.15, -0.1) is 0 Å². The third kappa shape index (κ3) is 3.80. The van der Waals surface area contributed by atoms with Gasteiger partial charge in [0.2, 0.25) is 5.91 Å². The molecule has 0 radical (unpaired) electrons. The number of hydrogen-bond acceptors (Lipinski definition) is 3. The lowest BCUT2D eigenvalue weighted by Crippen LogP contribution is -2.46. The molecular weight excluding hydrogens is 328 g/mol. The molecule has 2 heterocycles. The van der Waals surface area contributed by atoms with Crippen molar-refractivity contribution in [1.29, 1.82) is 0 Å². The fraction of sp³-hybridized carbons (Fsp3) is 0.400. The van der Waals surface area contributed by atoms with Crippen molar-refractivity contribution in [2.24, 2.45) is 7.05 Å². The molecule has 1 aromatic carbocycles. The van der Waals surface area contributed by atoms with Crippen molar-refractivity contribution in [3.05, 3.63) is 59.9 Å². The van der Waals surface area contributed by atoms with Gasteiger partial charge in [-0.25, -0.2) is 4.79 Å². The predicted molar refractivity (Wildman–Crippen MR) is 100 cm³/mol. The average molecular weight is 354 g/mol. The number of urea groups is 1. The Bertz CT molecular complexity index is 756. The third-order valence-electron chi connectivity index (χ3n) is 4.89. The van der Waals surface area contributed by atoms with Gasteiger partial charge in [0.05, 0.1) is 6.04 Å². The van der Waals surface area contributed by atoms with Crippen LogP contribution in [0, 0.1) is 0 Å². The van der Waals surface area contributed by atoms with Crippen molar-refractivity contribution in [3.8, 4) is 0 Å². The number of amides is 3. The Kier molecular flexibility index (Phi) is 5.73. The molecule has 1 fully saturated rings. The van der Waals surface area contributed by atoms with E-state index < -0.39 is 12.1 Å². The smallest absolute Gasteiger partial charge is 0.321 e. The van der Waals surface area contributed by atoms with Crippen LogP contribution in [-0.2, 0) is 11.8 Å². The highest BCUT2D eigenvalue weighted by molar-refractivity contribution is 5.97. The van der Waals surface area contributed by atoms with E-state index in [2.05, 4.69) is 26.2 Å². The first-order valence-corrected chi connectivity index (χ1v) is 9.12. The molecule has 0 saturated carbocycles. The largest absolute Gasteiger partial charge is 0.353 e. The molecule has 1 saturated heterocycles. The first kappa shape index (κ1) is 18.2. The van der Waals surface area contributed by atoms with Crippen LogP contribution < -0.4 is 10.6 Å². The van der Waals surface area contributed by atoms with Crippen LogP contribution in [0.3, 0.4) is 0 Å². The maximum atomic E-state index is 13.0. The minimum atomic E-state index is -0.499. The number of carbonyl (C=O) groups is 2. The molecule has 2 atom stereocenters. The number of nitrogens with zero attached hydrogens (tertiary/aromatic N) is 2. The number of aryl methyl sites for hydroxylation is 1. The van der Waals surface area contributed by atoms with Gasteiger partial charge >= 0.3 is 6.03 Å². The highest BCUT2D eigenvalue weighted by Gasteiger charge is 2.37. The molecule has 3 amide bonds. The number of likely N-dealkylation sites (tertiary alicyclic amines) is 1. The van der Waals surface area contributed by atoms with Crippen LogP contribution in [0.25, 0.3) is 0 Å². The normalized spacial score (nSPS) is 18.5. The molecule has 1 aliphatic heterocycles. The summed E-state index contributed by atoms with van der Waals surface area (Å²) < 4.78 is 2.10. The van der Waals surface area contributed by atoms with E-state index in [1.54, 1.807) is 0 Å². The SMILES string of the molecule is CCNC(=O)NC(=O)[C@H](c1ccccc1)N1CCC[C@@H]1c1cccn1C. The molecule has 0 spiro atoms. The Balaban J connectivity index is 1.91. The maximum absolute atomic E-state index is 13.0. The summed E-state index contributed by atoms with van der Waals surface area (Å²) in [5.74, 6) is -0.289. The van der Waals surface area contributed by atoms with Crippen molar-refractivity contribution in [3.63, 3.8) is 0 Å². The monoisotopic (exact) mass is 354 g/mol. The second-order valence-electron chi connectivity index (χ2n) is 6.60. The van der Waals surface area contributed by atoms with Crippen molar-refractivity contribution >= 4 is 11.9 Å². The van der Waals surface area contributed by atoms with Crippen LogP contribution in [0.2, 0.25) is 0 Å². The Labute approximate surface area is 154 Å². The molecule has 3 rings (SSSR count). The van der Waals surface area contributed by atoms with E-state index in [1.807, 2.05) is 56.6 Å². The third-order valence-corrected chi connectivity index (χ3v) is 4.89. The van der Waals surface area contributed by atoms with Gasteiger partial charge in [0.1, 0.15) is 6.04 Å². The fourth-order valence-electron chi connectivity index (χ4n) is 3.75. The number of aromatic nitrogens is 1. The summed E-state index contributed by atoms with van der Waals surface area (Å²) in [6, 6.07) is 13.0. The van der Waals surface area contributed by atoms with Crippen LogP contribution in [0.1, 0.15) is 43.1 Å². The van der Waals surface area contributed by atoms with Crippen molar-refractivity contribution in [1.82, 2.24) is 20.1 Å². The molecule has 2 N–H and O–H groups in total. The second-order valence-corrected chi connectivity index (χ2v) is 6.60. The molecular formula is C20H26N4O2. The Morgan fingerprint density at radius 2 is 1.96 bits per heavy atom. The zero-order valence-corrected chi connectivity index (χ0v) is 15.3. The lowest BCUT2D eigenvalue weighted by Gasteiger charge is -2.32. The van der Waals surface area contributed by atoms with Gasteiger partial charge in [-0.3, -0.25) is 15.0 Å². The number of imide groups is 1. The second kappa shape index (κ2) is 8.19. The van der Waals surface area contributed by atoms with Gasteiger partial charge in [-0.1, -0.05) is 30.3 Å². The topological polar surface area (TPSA) is 66.4 Å². The lowest BCUT2D eigenvalue weighted by molar-refractivity contribution is -0.126. The summed E-state index contributed by atoms with van der Waals surface area (Å²) in [7, 11) is 2.03. The molecule has 0 bridgehead atoms. The van der Waals surface area contributed by atoms with Crippen LogP contribution in [0.5, 0.6) is 0 Å². The molecule has 1 aromatic heterocycles. The van der Waals surface area contributed by atoms with E-state index >= 15 is 0 Å². The molecule has 26 heavy (non-hydrogen) atoms. The highest BCUT2D eigenvalue weighted by atomic mass is 16.2. The van der Waals surface area contributed by atoms with Crippen molar-refractivity contribution < 1.29 is 9.59 Å². The summed E-state index contributed by atoms with van der Waals surface area (Å²) in [6.45, 7) is 3.12. The molecule has 0 aliphatic carbocycles. The number of nitrogens with one attached hydrogen (secondary N) is 2. The van der Waals surface area contributed by atoms with Crippen LogP contribution >= 0.6 is 0 Å².